The molecule has 1 aliphatic carbocycles. The monoisotopic (exact) mass is 223 g/mol. The molecule has 5 heteroatoms. The number of nitrogens with two attached hydrogens (primary N) is 1. The molecule has 1 unspecified atom stereocenters. The Labute approximate surface area is 94.3 Å². The van der Waals surface area contributed by atoms with Crippen molar-refractivity contribution in [2.24, 2.45) is 5.73 Å². The van der Waals surface area contributed by atoms with Gasteiger partial charge in [-0.25, -0.2) is 0 Å². The normalized spacial score (nSPS) is 27.9. The Morgan fingerprint density at radius 2 is 2.31 bits per heavy atom. The van der Waals surface area contributed by atoms with Gasteiger partial charge in [-0.3, -0.25) is 0 Å². The van der Waals surface area contributed by atoms with E-state index in [1.165, 1.54) is 6.42 Å². The van der Waals surface area contributed by atoms with E-state index in [1.807, 2.05) is 0 Å². The third-order valence-corrected chi connectivity index (χ3v) is 3.63. The number of hydrogen-bond donors (Lipinski definition) is 1. The van der Waals surface area contributed by atoms with Crippen LogP contribution in [0.4, 0.5) is 0 Å². The van der Waals surface area contributed by atoms with Gasteiger partial charge in [0.1, 0.15) is 0 Å². The molecule has 88 valence electrons. The van der Waals surface area contributed by atoms with Crippen LogP contribution in [0.5, 0.6) is 0 Å². The number of hydrogen-bond acceptors (Lipinski definition) is 5. The molecule has 1 aliphatic heterocycles. The molecule has 0 bridgehead atoms. The molecule has 5 nitrogen and oxygen atoms in total. The number of ether oxygens (including phenoxy) is 1. The van der Waals surface area contributed by atoms with E-state index in [9.17, 15) is 0 Å². The van der Waals surface area contributed by atoms with Crippen LogP contribution in [0.1, 0.15) is 43.3 Å². The van der Waals surface area contributed by atoms with Gasteiger partial charge in [0.15, 0.2) is 5.82 Å². The van der Waals surface area contributed by atoms with Gasteiger partial charge in [0, 0.05) is 24.5 Å². The summed E-state index contributed by atoms with van der Waals surface area (Å²) in [7, 11) is 0. The molecule has 0 amide bonds. The summed E-state index contributed by atoms with van der Waals surface area (Å²) < 4.78 is 10.6. The minimum absolute atomic E-state index is 0.0873. The van der Waals surface area contributed by atoms with Crippen LogP contribution in [0.25, 0.3) is 0 Å². The van der Waals surface area contributed by atoms with Crippen molar-refractivity contribution >= 4 is 0 Å². The number of rotatable bonds is 3. The quantitative estimate of drug-likeness (QED) is 0.827. The Kier molecular flexibility index (Phi) is 2.44. The molecule has 0 radical (unpaired) electrons. The van der Waals surface area contributed by atoms with Crippen molar-refractivity contribution < 1.29 is 9.26 Å². The molecule has 1 atom stereocenters. The first-order valence-corrected chi connectivity index (χ1v) is 5.94. The van der Waals surface area contributed by atoms with Crippen molar-refractivity contribution in [1.29, 1.82) is 0 Å². The summed E-state index contributed by atoms with van der Waals surface area (Å²) in [5.41, 5.74) is 6.06. The summed E-state index contributed by atoms with van der Waals surface area (Å²) in [4.78, 5) is 4.42. The highest BCUT2D eigenvalue weighted by atomic mass is 16.5. The van der Waals surface area contributed by atoms with Crippen molar-refractivity contribution in [3.63, 3.8) is 0 Å². The molecule has 3 rings (SSSR count). The predicted octanol–water partition coefficient (Wildman–Crippen LogP) is 0.997. The maximum atomic E-state index is 6.15. The Bertz CT molecular complexity index is 367. The first-order valence-electron chi connectivity index (χ1n) is 5.94. The average molecular weight is 223 g/mol. The van der Waals surface area contributed by atoms with Gasteiger partial charge < -0.3 is 15.0 Å². The lowest BCUT2D eigenvalue weighted by Gasteiger charge is -2.36. The molecule has 1 aromatic heterocycles. The van der Waals surface area contributed by atoms with E-state index in [0.717, 1.165) is 31.7 Å². The molecule has 1 saturated carbocycles. The summed E-state index contributed by atoms with van der Waals surface area (Å²) in [6.07, 6.45) is 5.06. The lowest BCUT2D eigenvalue weighted by Crippen LogP contribution is -2.48. The molecular weight excluding hydrogens is 206 g/mol. The number of aromatic nitrogens is 2. The van der Waals surface area contributed by atoms with E-state index in [2.05, 4.69) is 10.1 Å². The van der Waals surface area contributed by atoms with Crippen molar-refractivity contribution in [3.8, 4) is 0 Å². The van der Waals surface area contributed by atoms with E-state index in [4.69, 9.17) is 15.0 Å². The number of nitrogens with zero attached hydrogens (tertiary/aromatic N) is 2. The maximum Gasteiger partial charge on any atom is 0.228 e. The van der Waals surface area contributed by atoms with Crippen LogP contribution in [-0.4, -0.2) is 28.9 Å². The van der Waals surface area contributed by atoms with Crippen LogP contribution in [0.2, 0.25) is 0 Å². The average Bonchev–Trinajstić information content (AvgIpc) is 2.83. The molecule has 2 N–H and O–H groups in total. The largest absolute Gasteiger partial charge is 0.381 e. The second kappa shape index (κ2) is 3.82. The standard InChI is InChI=1S/C11H17N3O2/c12-11(3-1-4-11)6-9-13-10(14-16-9)8-2-5-15-7-8/h8H,1-7,12H2. The predicted molar refractivity (Wildman–Crippen MR) is 56.9 cm³/mol. The summed E-state index contributed by atoms with van der Waals surface area (Å²) in [5, 5.41) is 4.02. The van der Waals surface area contributed by atoms with Gasteiger partial charge in [0.05, 0.1) is 6.61 Å². The maximum absolute atomic E-state index is 6.15. The Morgan fingerprint density at radius 3 is 2.94 bits per heavy atom. The van der Waals surface area contributed by atoms with Crippen molar-refractivity contribution in [1.82, 2.24) is 10.1 Å². The lowest BCUT2D eigenvalue weighted by molar-refractivity contribution is 0.192. The van der Waals surface area contributed by atoms with E-state index in [1.54, 1.807) is 0 Å². The molecule has 0 aromatic carbocycles. The second-order valence-corrected chi connectivity index (χ2v) is 5.00. The van der Waals surface area contributed by atoms with E-state index >= 15 is 0 Å². The van der Waals surface area contributed by atoms with Crippen molar-refractivity contribution in [3.05, 3.63) is 11.7 Å². The van der Waals surface area contributed by atoms with E-state index in [-0.39, 0.29) is 5.54 Å². The zero-order valence-corrected chi connectivity index (χ0v) is 9.32. The van der Waals surface area contributed by atoms with Crippen LogP contribution in [0, 0.1) is 0 Å². The van der Waals surface area contributed by atoms with Gasteiger partial charge in [-0.2, -0.15) is 4.98 Å². The van der Waals surface area contributed by atoms with Crippen LogP contribution >= 0.6 is 0 Å². The Hall–Kier alpha value is -0.940. The van der Waals surface area contributed by atoms with E-state index < -0.39 is 0 Å². The van der Waals surface area contributed by atoms with Gasteiger partial charge in [-0.1, -0.05) is 5.16 Å². The molecule has 2 fully saturated rings. The highest BCUT2D eigenvalue weighted by Gasteiger charge is 2.35. The molecule has 2 heterocycles. The minimum Gasteiger partial charge on any atom is -0.381 e. The third kappa shape index (κ3) is 1.85. The first kappa shape index (κ1) is 10.2. The third-order valence-electron chi connectivity index (χ3n) is 3.63. The van der Waals surface area contributed by atoms with Crippen LogP contribution in [-0.2, 0) is 11.2 Å². The lowest BCUT2D eigenvalue weighted by atomic mass is 9.75. The van der Waals surface area contributed by atoms with Gasteiger partial charge in [-0.05, 0) is 25.7 Å². The molecule has 16 heavy (non-hydrogen) atoms. The van der Waals surface area contributed by atoms with Gasteiger partial charge in [0.25, 0.3) is 0 Å². The smallest absolute Gasteiger partial charge is 0.228 e. The van der Waals surface area contributed by atoms with Crippen molar-refractivity contribution in [2.45, 2.75) is 43.6 Å². The van der Waals surface area contributed by atoms with Gasteiger partial charge in [-0.15, -0.1) is 0 Å². The van der Waals surface area contributed by atoms with Crippen molar-refractivity contribution in [2.75, 3.05) is 13.2 Å². The fourth-order valence-corrected chi connectivity index (χ4v) is 2.35. The zero-order valence-electron chi connectivity index (χ0n) is 9.32. The molecule has 0 spiro atoms. The van der Waals surface area contributed by atoms with Gasteiger partial charge >= 0.3 is 0 Å². The van der Waals surface area contributed by atoms with Gasteiger partial charge in [0.2, 0.25) is 5.89 Å². The fourth-order valence-electron chi connectivity index (χ4n) is 2.35. The molecular formula is C11H17N3O2. The first-order chi connectivity index (χ1) is 7.75. The van der Waals surface area contributed by atoms with Crippen LogP contribution in [0.3, 0.4) is 0 Å². The van der Waals surface area contributed by atoms with Crippen LogP contribution in [0.15, 0.2) is 4.52 Å². The minimum atomic E-state index is -0.0873. The molecule has 1 saturated heterocycles. The summed E-state index contributed by atoms with van der Waals surface area (Å²) in [6, 6.07) is 0. The molecule has 1 aromatic rings. The fraction of sp³-hybridized carbons (Fsp3) is 0.818. The summed E-state index contributed by atoms with van der Waals surface area (Å²) in [6.45, 7) is 1.52. The second-order valence-electron chi connectivity index (χ2n) is 5.00. The van der Waals surface area contributed by atoms with Crippen LogP contribution < -0.4 is 5.73 Å². The zero-order chi connectivity index (χ0) is 11.0. The topological polar surface area (TPSA) is 74.2 Å². The SMILES string of the molecule is NC1(Cc2nc(C3CCOC3)no2)CCC1. The Morgan fingerprint density at radius 1 is 1.44 bits per heavy atom. The highest BCUT2D eigenvalue weighted by molar-refractivity contribution is 5.03. The van der Waals surface area contributed by atoms with E-state index in [0.29, 0.717) is 24.8 Å². The molecule has 2 aliphatic rings. The summed E-state index contributed by atoms with van der Waals surface area (Å²) in [5.74, 6) is 1.78. The summed E-state index contributed by atoms with van der Waals surface area (Å²) >= 11 is 0. The highest BCUT2D eigenvalue weighted by Crippen LogP contribution is 2.32. The Balaban J connectivity index is 1.67.